The predicted octanol–water partition coefficient (Wildman–Crippen LogP) is 4.35. The fraction of sp³-hybridized carbons (Fsp3) is 0.625. The summed E-state index contributed by atoms with van der Waals surface area (Å²) in [6.07, 6.45) is 1.19. The summed E-state index contributed by atoms with van der Waals surface area (Å²) in [6.45, 7) is 8.07. The van der Waals surface area contributed by atoms with Gasteiger partial charge in [-0.25, -0.2) is 0 Å². The van der Waals surface area contributed by atoms with Crippen LogP contribution in [-0.4, -0.2) is 28.0 Å². The van der Waals surface area contributed by atoms with Crippen LogP contribution < -0.4 is 5.32 Å². The van der Waals surface area contributed by atoms with Crippen molar-refractivity contribution in [2.45, 2.75) is 49.0 Å². The second kappa shape index (κ2) is 7.61. The van der Waals surface area contributed by atoms with E-state index in [1.807, 2.05) is 0 Å². The van der Waals surface area contributed by atoms with Gasteiger partial charge < -0.3 is 5.32 Å². The molecule has 1 fully saturated rings. The van der Waals surface area contributed by atoms with Crippen molar-refractivity contribution >= 4 is 23.5 Å². The van der Waals surface area contributed by atoms with E-state index in [-0.39, 0.29) is 0 Å². The van der Waals surface area contributed by atoms with E-state index in [1.54, 1.807) is 0 Å². The topological polar surface area (TPSA) is 12.0 Å². The summed E-state index contributed by atoms with van der Waals surface area (Å²) in [5.41, 5.74) is 1.44. The van der Waals surface area contributed by atoms with Gasteiger partial charge in [-0.3, -0.25) is 0 Å². The van der Waals surface area contributed by atoms with Crippen LogP contribution in [-0.2, 0) is 0 Å². The van der Waals surface area contributed by atoms with E-state index < -0.39 is 0 Å². The molecule has 0 saturated carbocycles. The normalized spacial score (nSPS) is 29.1. The third-order valence-electron chi connectivity index (χ3n) is 3.72. The molecule has 4 atom stereocenters. The van der Waals surface area contributed by atoms with Gasteiger partial charge in [0.05, 0.1) is 0 Å². The summed E-state index contributed by atoms with van der Waals surface area (Å²) >= 11 is 4.29. The molecule has 3 heteroatoms. The van der Waals surface area contributed by atoms with Crippen LogP contribution in [0.5, 0.6) is 0 Å². The number of benzene rings is 1. The van der Waals surface area contributed by atoms with Gasteiger partial charge in [-0.05, 0) is 18.5 Å². The van der Waals surface area contributed by atoms with Gasteiger partial charge in [0.2, 0.25) is 0 Å². The smallest absolute Gasteiger partial charge is 0.0448 e. The van der Waals surface area contributed by atoms with Crippen LogP contribution in [0.3, 0.4) is 0 Å². The first-order valence-corrected chi connectivity index (χ1v) is 9.27. The molecule has 1 aliphatic rings. The van der Waals surface area contributed by atoms with Crippen LogP contribution in [0, 0.1) is 0 Å². The lowest BCUT2D eigenvalue weighted by molar-refractivity contribution is 0.528. The lowest BCUT2D eigenvalue weighted by atomic mass is 10.0. The molecule has 1 nitrogen and oxygen atoms in total. The molecule has 1 aromatic rings. The van der Waals surface area contributed by atoms with Crippen molar-refractivity contribution in [1.29, 1.82) is 0 Å². The largest absolute Gasteiger partial charge is 0.309 e. The van der Waals surface area contributed by atoms with Crippen molar-refractivity contribution in [1.82, 2.24) is 5.32 Å². The van der Waals surface area contributed by atoms with Crippen LogP contribution in [0.15, 0.2) is 30.3 Å². The second-order valence-electron chi connectivity index (χ2n) is 5.26. The summed E-state index contributed by atoms with van der Waals surface area (Å²) in [4.78, 5) is 0. The Balaban J connectivity index is 2.09. The number of nitrogens with one attached hydrogen (secondary N) is 1. The molecule has 1 saturated heterocycles. The molecule has 0 bridgehead atoms. The van der Waals surface area contributed by atoms with E-state index in [4.69, 9.17) is 0 Å². The first-order chi connectivity index (χ1) is 9.22. The summed E-state index contributed by atoms with van der Waals surface area (Å²) < 4.78 is 0. The monoisotopic (exact) mass is 295 g/mol. The lowest BCUT2D eigenvalue weighted by Crippen LogP contribution is -2.37. The molecular formula is C16H25NS2. The van der Waals surface area contributed by atoms with Gasteiger partial charge in [0, 0.05) is 27.5 Å². The van der Waals surface area contributed by atoms with Crippen molar-refractivity contribution < 1.29 is 0 Å². The van der Waals surface area contributed by atoms with Crippen LogP contribution in [0.1, 0.15) is 38.8 Å². The van der Waals surface area contributed by atoms with Crippen LogP contribution in [0.4, 0.5) is 0 Å². The number of thioether (sulfide) groups is 2. The summed E-state index contributed by atoms with van der Waals surface area (Å²) in [7, 11) is 0. The second-order valence-corrected chi connectivity index (χ2v) is 8.29. The van der Waals surface area contributed by atoms with E-state index in [2.05, 4.69) is 79.9 Å². The van der Waals surface area contributed by atoms with E-state index >= 15 is 0 Å². The molecule has 1 aliphatic heterocycles. The summed E-state index contributed by atoms with van der Waals surface area (Å²) in [6, 6.07) is 11.4. The molecular weight excluding hydrogens is 270 g/mol. The van der Waals surface area contributed by atoms with Gasteiger partial charge in [0.15, 0.2) is 0 Å². The van der Waals surface area contributed by atoms with E-state index in [0.29, 0.717) is 11.3 Å². The molecule has 0 amide bonds. The summed E-state index contributed by atoms with van der Waals surface area (Å²) in [5.74, 6) is 1.26. The molecule has 106 valence electrons. The third-order valence-corrected chi connectivity index (χ3v) is 7.21. The molecule has 1 aromatic carbocycles. The highest BCUT2D eigenvalue weighted by Crippen LogP contribution is 2.40. The maximum absolute atomic E-state index is 3.76. The van der Waals surface area contributed by atoms with Gasteiger partial charge in [-0.15, -0.1) is 0 Å². The van der Waals surface area contributed by atoms with Crippen molar-refractivity contribution in [3.05, 3.63) is 35.9 Å². The Morgan fingerprint density at radius 1 is 1.21 bits per heavy atom. The average molecular weight is 296 g/mol. The van der Waals surface area contributed by atoms with E-state index in [1.165, 1.54) is 17.7 Å². The first-order valence-electron chi connectivity index (χ1n) is 7.27. The van der Waals surface area contributed by atoms with Crippen molar-refractivity contribution in [3.8, 4) is 0 Å². The zero-order valence-electron chi connectivity index (χ0n) is 12.1. The average Bonchev–Trinajstić information content (AvgIpc) is 2.44. The van der Waals surface area contributed by atoms with Crippen LogP contribution in [0.25, 0.3) is 0 Å². The fourth-order valence-electron chi connectivity index (χ4n) is 2.41. The molecule has 4 unspecified atom stereocenters. The zero-order valence-corrected chi connectivity index (χ0v) is 13.8. The Labute approximate surface area is 126 Å². The van der Waals surface area contributed by atoms with Crippen molar-refractivity contribution in [3.63, 3.8) is 0 Å². The Bertz CT molecular complexity index is 368. The number of rotatable bonds is 5. The van der Waals surface area contributed by atoms with Crippen molar-refractivity contribution in [2.24, 2.45) is 0 Å². The van der Waals surface area contributed by atoms with Gasteiger partial charge in [0.25, 0.3) is 0 Å². The number of hydrogen-bond donors (Lipinski definition) is 1. The highest BCUT2D eigenvalue weighted by atomic mass is 32.2. The van der Waals surface area contributed by atoms with E-state index in [0.717, 1.165) is 17.0 Å². The maximum Gasteiger partial charge on any atom is 0.0448 e. The first kappa shape index (κ1) is 15.3. The third kappa shape index (κ3) is 4.17. The molecule has 19 heavy (non-hydrogen) atoms. The fourth-order valence-corrected chi connectivity index (χ4v) is 5.52. The Hall–Kier alpha value is -0.120. The quantitative estimate of drug-likeness (QED) is 0.867. The lowest BCUT2D eigenvalue weighted by Gasteiger charge is -2.36. The highest BCUT2D eigenvalue weighted by molar-refractivity contribution is 8.07. The van der Waals surface area contributed by atoms with Gasteiger partial charge in [-0.2, -0.15) is 23.5 Å². The molecule has 0 spiro atoms. The van der Waals surface area contributed by atoms with Gasteiger partial charge >= 0.3 is 0 Å². The summed E-state index contributed by atoms with van der Waals surface area (Å²) in [5, 5.41) is 5.97. The predicted molar refractivity (Wildman–Crippen MR) is 90.2 cm³/mol. The Morgan fingerprint density at radius 3 is 2.58 bits per heavy atom. The minimum atomic E-state index is 0.494. The van der Waals surface area contributed by atoms with Gasteiger partial charge in [0.1, 0.15) is 0 Å². The van der Waals surface area contributed by atoms with Crippen LogP contribution >= 0.6 is 23.5 Å². The molecule has 1 heterocycles. The standard InChI is InChI=1S/C16H25NS2/c1-4-10-17-16(14-8-6-5-7-9-14)15-11-18-12(2)13(3)19-15/h5-9,12-13,15-17H,4,10-11H2,1-3H3. The molecule has 1 N–H and O–H groups in total. The van der Waals surface area contributed by atoms with Crippen LogP contribution in [0.2, 0.25) is 0 Å². The molecule has 2 rings (SSSR count). The number of hydrogen-bond acceptors (Lipinski definition) is 3. The Kier molecular flexibility index (Phi) is 6.11. The minimum Gasteiger partial charge on any atom is -0.309 e. The van der Waals surface area contributed by atoms with E-state index in [9.17, 15) is 0 Å². The maximum atomic E-state index is 3.76. The SMILES string of the molecule is CCCNC(c1ccccc1)C1CSC(C)C(C)S1. The van der Waals surface area contributed by atoms with Crippen molar-refractivity contribution in [2.75, 3.05) is 12.3 Å². The minimum absolute atomic E-state index is 0.494. The molecule has 0 aliphatic carbocycles. The highest BCUT2D eigenvalue weighted by Gasteiger charge is 2.31. The molecule has 0 radical (unpaired) electrons. The Morgan fingerprint density at radius 2 is 1.95 bits per heavy atom. The zero-order chi connectivity index (χ0) is 13.7. The molecule has 0 aromatic heterocycles. The van der Waals surface area contributed by atoms with Gasteiger partial charge in [-0.1, -0.05) is 51.1 Å².